The predicted octanol–water partition coefficient (Wildman–Crippen LogP) is 1.52. The van der Waals surface area contributed by atoms with Crippen LogP contribution in [-0.2, 0) is 4.79 Å². The summed E-state index contributed by atoms with van der Waals surface area (Å²) in [6.45, 7) is 1.89. The van der Waals surface area contributed by atoms with Crippen molar-refractivity contribution in [2.75, 3.05) is 17.9 Å². The van der Waals surface area contributed by atoms with Crippen LogP contribution in [0.1, 0.15) is 5.69 Å². The first kappa shape index (κ1) is 14.0. The van der Waals surface area contributed by atoms with Crippen molar-refractivity contribution < 1.29 is 4.79 Å². The van der Waals surface area contributed by atoms with Gasteiger partial charge in [0.2, 0.25) is 0 Å². The average Bonchev–Trinajstić information content (AvgIpc) is 2.17. The SMILES string of the molecule is Cc1cccc(N(C)NC(=O)CCl)n1.Cl. The quantitative estimate of drug-likeness (QED) is 0.653. The summed E-state index contributed by atoms with van der Waals surface area (Å²) in [7, 11) is 1.71. The van der Waals surface area contributed by atoms with Crippen LogP contribution in [0, 0.1) is 6.92 Å². The lowest BCUT2D eigenvalue weighted by atomic mass is 10.4. The van der Waals surface area contributed by atoms with Gasteiger partial charge in [0, 0.05) is 12.7 Å². The van der Waals surface area contributed by atoms with Crippen molar-refractivity contribution in [3.8, 4) is 0 Å². The highest BCUT2D eigenvalue weighted by molar-refractivity contribution is 6.27. The summed E-state index contributed by atoms with van der Waals surface area (Å²) in [5.74, 6) is 0.372. The van der Waals surface area contributed by atoms with E-state index in [9.17, 15) is 4.79 Å². The van der Waals surface area contributed by atoms with E-state index >= 15 is 0 Å². The lowest BCUT2D eigenvalue weighted by Crippen LogP contribution is -2.40. The van der Waals surface area contributed by atoms with Gasteiger partial charge < -0.3 is 0 Å². The number of aromatic nitrogens is 1. The lowest BCUT2D eigenvalue weighted by Gasteiger charge is -2.18. The molecule has 0 saturated carbocycles. The number of pyridine rings is 1. The molecule has 1 N–H and O–H groups in total. The molecule has 0 aromatic carbocycles. The number of halogens is 2. The van der Waals surface area contributed by atoms with Crippen LogP contribution in [0.15, 0.2) is 18.2 Å². The second-order valence-electron chi connectivity index (χ2n) is 2.86. The molecule has 15 heavy (non-hydrogen) atoms. The first-order chi connectivity index (χ1) is 6.63. The van der Waals surface area contributed by atoms with E-state index in [0.29, 0.717) is 5.82 Å². The van der Waals surface area contributed by atoms with Gasteiger partial charge >= 0.3 is 0 Å². The molecule has 1 heterocycles. The van der Waals surface area contributed by atoms with Crippen molar-refractivity contribution in [3.63, 3.8) is 0 Å². The largest absolute Gasteiger partial charge is 0.272 e. The van der Waals surface area contributed by atoms with Crippen molar-refractivity contribution in [2.24, 2.45) is 0 Å². The molecule has 4 nitrogen and oxygen atoms in total. The smallest absolute Gasteiger partial charge is 0.253 e. The van der Waals surface area contributed by atoms with Gasteiger partial charge in [0.25, 0.3) is 5.91 Å². The molecule has 0 aliphatic heterocycles. The van der Waals surface area contributed by atoms with Crippen molar-refractivity contribution in [1.29, 1.82) is 0 Å². The van der Waals surface area contributed by atoms with Gasteiger partial charge in [-0.25, -0.2) is 4.98 Å². The van der Waals surface area contributed by atoms with E-state index in [1.165, 1.54) is 5.01 Å². The highest BCUT2D eigenvalue weighted by atomic mass is 35.5. The molecule has 0 spiro atoms. The Hall–Kier alpha value is -1.00. The minimum Gasteiger partial charge on any atom is -0.272 e. The topological polar surface area (TPSA) is 45.2 Å². The summed E-state index contributed by atoms with van der Waals surface area (Å²) in [6, 6.07) is 5.57. The van der Waals surface area contributed by atoms with Gasteiger partial charge in [-0.3, -0.25) is 15.2 Å². The summed E-state index contributed by atoms with van der Waals surface area (Å²) in [6.07, 6.45) is 0. The Balaban J connectivity index is 0.00000196. The number of nitrogens with zero attached hydrogens (tertiary/aromatic N) is 2. The van der Waals surface area contributed by atoms with Gasteiger partial charge in [0.15, 0.2) is 0 Å². The minimum atomic E-state index is -0.252. The number of hydrazine groups is 1. The molecule has 84 valence electrons. The monoisotopic (exact) mass is 249 g/mol. The highest BCUT2D eigenvalue weighted by Gasteiger charge is 2.05. The van der Waals surface area contributed by atoms with E-state index in [1.54, 1.807) is 7.05 Å². The number of carbonyl (C=O) groups excluding carboxylic acids is 1. The maximum absolute atomic E-state index is 11.0. The molecule has 1 amide bonds. The molecule has 0 fully saturated rings. The van der Waals surface area contributed by atoms with Crippen LogP contribution in [0.2, 0.25) is 0 Å². The normalized spacial score (nSPS) is 9.00. The van der Waals surface area contributed by atoms with E-state index in [-0.39, 0.29) is 24.2 Å². The summed E-state index contributed by atoms with van der Waals surface area (Å²) in [4.78, 5) is 15.2. The second kappa shape index (κ2) is 6.48. The second-order valence-corrected chi connectivity index (χ2v) is 3.13. The van der Waals surface area contributed by atoms with Crippen LogP contribution in [-0.4, -0.2) is 23.8 Å². The van der Waals surface area contributed by atoms with Crippen LogP contribution < -0.4 is 10.4 Å². The Morgan fingerprint density at radius 1 is 1.60 bits per heavy atom. The fourth-order valence-electron chi connectivity index (χ4n) is 0.990. The number of hydrogen-bond acceptors (Lipinski definition) is 3. The highest BCUT2D eigenvalue weighted by Crippen LogP contribution is 2.06. The molecule has 0 unspecified atom stereocenters. The van der Waals surface area contributed by atoms with Crippen LogP contribution in [0.3, 0.4) is 0 Å². The number of rotatable bonds is 3. The summed E-state index contributed by atoms with van der Waals surface area (Å²) in [5.41, 5.74) is 3.47. The Morgan fingerprint density at radius 2 is 2.27 bits per heavy atom. The fraction of sp³-hybridized carbons (Fsp3) is 0.333. The summed E-state index contributed by atoms with van der Waals surface area (Å²) in [5, 5.41) is 1.54. The Morgan fingerprint density at radius 3 is 2.80 bits per heavy atom. The predicted molar refractivity (Wildman–Crippen MR) is 63.5 cm³/mol. The van der Waals surface area contributed by atoms with Crippen LogP contribution in [0.25, 0.3) is 0 Å². The van der Waals surface area contributed by atoms with E-state index in [0.717, 1.165) is 5.69 Å². The molecule has 1 rings (SSSR count). The Bertz CT molecular complexity index is 333. The number of amides is 1. The van der Waals surface area contributed by atoms with Crippen molar-refractivity contribution in [2.45, 2.75) is 6.92 Å². The van der Waals surface area contributed by atoms with Crippen LogP contribution in [0.5, 0.6) is 0 Å². The number of anilines is 1. The van der Waals surface area contributed by atoms with E-state index < -0.39 is 0 Å². The molecule has 1 aromatic rings. The number of alkyl halides is 1. The third-order valence-corrected chi connectivity index (χ3v) is 1.87. The molecule has 0 saturated heterocycles. The molecule has 0 atom stereocenters. The number of hydrogen-bond donors (Lipinski definition) is 1. The van der Waals surface area contributed by atoms with E-state index in [1.807, 2.05) is 25.1 Å². The molecule has 0 bridgehead atoms. The van der Waals surface area contributed by atoms with Crippen molar-refractivity contribution >= 4 is 35.7 Å². The van der Waals surface area contributed by atoms with Crippen LogP contribution >= 0.6 is 24.0 Å². The lowest BCUT2D eigenvalue weighted by molar-refractivity contribution is -0.118. The summed E-state index contributed by atoms with van der Waals surface area (Å²) >= 11 is 5.36. The molecule has 1 aromatic heterocycles. The van der Waals surface area contributed by atoms with E-state index in [2.05, 4.69) is 10.4 Å². The third kappa shape index (κ3) is 4.36. The molecular weight excluding hydrogens is 237 g/mol. The van der Waals surface area contributed by atoms with Gasteiger partial charge in [-0.2, -0.15) is 0 Å². The maximum Gasteiger partial charge on any atom is 0.253 e. The zero-order valence-corrected chi connectivity index (χ0v) is 10.1. The van der Waals surface area contributed by atoms with Gasteiger partial charge in [-0.1, -0.05) is 6.07 Å². The molecule has 6 heteroatoms. The minimum absolute atomic E-state index is 0. The average molecular weight is 250 g/mol. The standard InChI is InChI=1S/C9H12ClN3O.ClH/c1-7-4-3-5-8(11-7)13(2)12-9(14)6-10;/h3-5H,6H2,1-2H3,(H,12,14);1H. The number of carbonyl (C=O) groups is 1. The number of nitrogens with one attached hydrogen (secondary N) is 1. The van der Waals surface area contributed by atoms with Gasteiger partial charge in [0.1, 0.15) is 11.7 Å². The first-order valence-electron chi connectivity index (χ1n) is 4.16. The van der Waals surface area contributed by atoms with Gasteiger partial charge in [0.05, 0.1) is 0 Å². The van der Waals surface area contributed by atoms with Crippen molar-refractivity contribution in [3.05, 3.63) is 23.9 Å². The maximum atomic E-state index is 11.0. The summed E-state index contributed by atoms with van der Waals surface area (Å²) < 4.78 is 0. The van der Waals surface area contributed by atoms with E-state index in [4.69, 9.17) is 11.6 Å². The molecule has 0 aliphatic rings. The Labute approximate surface area is 100 Å². The molecule has 0 aliphatic carbocycles. The van der Waals surface area contributed by atoms with Gasteiger partial charge in [-0.05, 0) is 19.1 Å². The first-order valence-corrected chi connectivity index (χ1v) is 4.70. The molecular formula is C9H13Cl2N3O. The molecule has 0 radical (unpaired) electrons. The zero-order valence-electron chi connectivity index (χ0n) is 8.53. The van der Waals surface area contributed by atoms with Crippen molar-refractivity contribution in [1.82, 2.24) is 10.4 Å². The number of aryl methyl sites for hydroxylation is 1. The third-order valence-electron chi connectivity index (χ3n) is 1.63. The Kier molecular flexibility index (Phi) is 6.05. The zero-order chi connectivity index (χ0) is 10.6. The van der Waals surface area contributed by atoms with Crippen LogP contribution in [0.4, 0.5) is 5.82 Å². The fourth-order valence-corrected chi connectivity index (χ4v) is 1.05. The van der Waals surface area contributed by atoms with Gasteiger partial charge in [-0.15, -0.1) is 24.0 Å².